The van der Waals surface area contributed by atoms with Crippen LogP contribution in [-0.4, -0.2) is 65.2 Å². The van der Waals surface area contributed by atoms with Gasteiger partial charge in [-0.1, -0.05) is 0 Å². The summed E-state index contributed by atoms with van der Waals surface area (Å²) in [4.78, 5) is 13.7. The lowest BCUT2D eigenvalue weighted by molar-refractivity contribution is 0.0525. The van der Waals surface area contributed by atoms with Gasteiger partial charge in [0.15, 0.2) is 0 Å². The van der Waals surface area contributed by atoms with Gasteiger partial charge in [-0.25, -0.2) is 22.3 Å². The number of halogens is 1. The smallest absolute Gasteiger partial charge is 0.338 e. The minimum Gasteiger partial charge on any atom is -0.462 e. The van der Waals surface area contributed by atoms with Gasteiger partial charge in [-0.3, -0.25) is 0 Å². The van der Waals surface area contributed by atoms with Crippen molar-refractivity contribution in [2.45, 2.75) is 18.2 Å². The molecule has 0 radical (unpaired) electrons. The largest absolute Gasteiger partial charge is 0.462 e. The predicted molar refractivity (Wildman–Crippen MR) is 91.5 cm³/mol. The van der Waals surface area contributed by atoms with E-state index in [0.717, 1.165) is 50.9 Å². The lowest BCUT2D eigenvalue weighted by Crippen LogP contribution is -2.44. The molecule has 0 bridgehead atoms. The molecule has 2 rings (SSSR count). The molecule has 0 spiro atoms. The maximum absolute atomic E-state index is 13.7. The van der Waals surface area contributed by atoms with Crippen molar-refractivity contribution in [3.63, 3.8) is 0 Å². The molecule has 0 aromatic heterocycles. The Hall–Kier alpha value is -1.55. The summed E-state index contributed by atoms with van der Waals surface area (Å²) in [5.74, 6) is -1.55. The summed E-state index contributed by atoms with van der Waals surface area (Å²) in [6.45, 7) is 6.55. The van der Waals surface area contributed by atoms with Gasteiger partial charge in [0.05, 0.1) is 17.1 Å². The zero-order valence-corrected chi connectivity index (χ0v) is 15.1. The van der Waals surface area contributed by atoms with E-state index in [9.17, 15) is 17.6 Å². The molecule has 1 aromatic carbocycles. The molecular weight excluding hydrogens is 349 g/mol. The Labute approximate surface area is 147 Å². The fourth-order valence-electron chi connectivity index (χ4n) is 2.58. The van der Waals surface area contributed by atoms with Crippen LogP contribution >= 0.6 is 0 Å². The molecule has 1 saturated heterocycles. The molecule has 2 N–H and O–H groups in total. The first-order valence-electron chi connectivity index (χ1n) is 8.33. The molecule has 25 heavy (non-hydrogen) atoms. The van der Waals surface area contributed by atoms with Gasteiger partial charge >= 0.3 is 5.97 Å². The zero-order valence-electron chi connectivity index (χ0n) is 14.3. The quantitative estimate of drug-likeness (QED) is 0.512. The van der Waals surface area contributed by atoms with Crippen LogP contribution in [0.4, 0.5) is 4.39 Å². The minimum absolute atomic E-state index is 0.122. The molecule has 140 valence electrons. The number of hydrogen-bond donors (Lipinski definition) is 2. The molecule has 0 unspecified atom stereocenters. The van der Waals surface area contributed by atoms with Gasteiger partial charge in [-0.15, -0.1) is 0 Å². The number of carbonyl (C=O) groups excluding carboxylic acids is 1. The highest BCUT2D eigenvalue weighted by molar-refractivity contribution is 7.89. The Morgan fingerprint density at radius 2 is 2.04 bits per heavy atom. The lowest BCUT2D eigenvalue weighted by Gasteiger charge is -2.27. The van der Waals surface area contributed by atoms with Crippen LogP contribution < -0.4 is 10.0 Å². The summed E-state index contributed by atoms with van der Waals surface area (Å²) in [5.41, 5.74) is -0.122. The van der Waals surface area contributed by atoms with E-state index in [4.69, 9.17) is 4.74 Å². The van der Waals surface area contributed by atoms with Gasteiger partial charge in [0.25, 0.3) is 0 Å². The standard InChI is InChI=1S/C16H24FN3O4S/c1-2-24-16(21)13-10-14(17)12-15(11-13)25(22,23)19-4-3-7-20-8-5-18-6-9-20/h10-12,18-19H,2-9H2,1H3. The van der Waals surface area contributed by atoms with Gasteiger partial charge < -0.3 is 15.0 Å². The normalized spacial score (nSPS) is 15.9. The summed E-state index contributed by atoms with van der Waals surface area (Å²) in [6, 6.07) is 2.97. The molecule has 9 heteroatoms. The van der Waals surface area contributed by atoms with Gasteiger partial charge in [0, 0.05) is 32.7 Å². The fourth-order valence-corrected chi connectivity index (χ4v) is 3.71. The molecule has 1 fully saturated rings. The maximum Gasteiger partial charge on any atom is 0.338 e. The molecule has 1 aliphatic rings. The third kappa shape index (κ3) is 6.03. The zero-order chi connectivity index (χ0) is 18.3. The second-order valence-corrected chi connectivity index (χ2v) is 7.51. The van der Waals surface area contributed by atoms with Crippen molar-refractivity contribution in [3.05, 3.63) is 29.6 Å². The number of piperazine rings is 1. The highest BCUT2D eigenvalue weighted by Crippen LogP contribution is 2.15. The number of esters is 1. The first-order valence-corrected chi connectivity index (χ1v) is 9.81. The molecule has 1 heterocycles. The Balaban J connectivity index is 1.95. The molecule has 0 aliphatic carbocycles. The number of hydrogen-bond acceptors (Lipinski definition) is 6. The number of rotatable bonds is 8. The molecule has 7 nitrogen and oxygen atoms in total. The molecule has 0 amide bonds. The lowest BCUT2D eigenvalue weighted by atomic mass is 10.2. The van der Waals surface area contributed by atoms with Crippen LogP contribution in [-0.2, 0) is 14.8 Å². The van der Waals surface area contributed by atoms with E-state index in [0.29, 0.717) is 6.42 Å². The molecule has 0 atom stereocenters. The van der Waals surface area contributed by atoms with Crippen molar-refractivity contribution in [3.8, 4) is 0 Å². The van der Waals surface area contributed by atoms with Gasteiger partial charge in [-0.05, 0) is 38.1 Å². The van der Waals surface area contributed by atoms with Crippen molar-refractivity contribution in [2.24, 2.45) is 0 Å². The predicted octanol–water partition coefficient (Wildman–Crippen LogP) is 0.576. The van der Waals surface area contributed by atoms with Crippen LogP contribution in [0, 0.1) is 5.82 Å². The van der Waals surface area contributed by atoms with E-state index in [1.165, 1.54) is 0 Å². The second kappa shape index (κ2) is 9.23. The topological polar surface area (TPSA) is 87.7 Å². The van der Waals surface area contributed by atoms with Crippen molar-refractivity contribution < 1.29 is 22.3 Å². The van der Waals surface area contributed by atoms with Gasteiger partial charge in [-0.2, -0.15) is 0 Å². The molecule has 1 aliphatic heterocycles. The number of benzene rings is 1. The summed E-state index contributed by atoms with van der Waals surface area (Å²) < 4.78 is 45.5. The van der Waals surface area contributed by atoms with Crippen LogP contribution in [0.3, 0.4) is 0 Å². The average Bonchev–Trinajstić information content (AvgIpc) is 2.59. The molecular formula is C16H24FN3O4S. The monoisotopic (exact) mass is 373 g/mol. The summed E-state index contributed by atoms with van der Waals surface area (Å²) >= 11 is 0. The average molecular weight is 373 g/mol. The highest BCUT2D eigenvalue weighted by Gasteiger charge is 2.19. The van der Waals surface area contributed by atoms with E-state index >= 15 is 0 Å². The second-order valence-electron chi connectivity index (χ2n) is 5.74. The number of sulfonamides is 1. The first-order chi connectivity index (χ1) is 11.9. The SMILES string of the molecule is CCOC(=O)c1cc(F)cc(S(=O)(=O)NCCCN2CCNCC2)c1. The maximum atomic E-state index is 13.7. The van der Waals surface area contributed by atoms with E-state index in [-0.39, 0.29) is 23.6 Å². The summed E-state index contributed by atoms with van der Waals surface area (Å²) in [7, 11) is -3.89. The van der Waals surface area contributed by atoms with Crippen LogP contribution in [0.2, 0.25) is 0 Å². The Morgan fingerprint density at radius 3 is 2.72 bits per heavy atom. The van der Waals surface area contributed by atoms with Gasteiger partial charge in [0.2, 0.25) is 10.0 Å². The first kappa shape index (κ1) is 19.8. The number of carbonyl (C=O) groups is 1. The van der Waals surface area contributed by atoms with Crippen molar-refractivity contribution in [1.82, 2.24) is 14.9 Å². The molecule has 1 aromatic rings. The van der Waals surface area contributed by atoms with Crippen LogP contribution in [0.1, 0.15) is 23.7 Å². The fraction of sp³-hybridized carbons (Fsp3) is 0.562. The van der Waals surface area contributed by atoms with Crippen molar-refractivity contribution in [1.29, 1.82) is 0 Å². The van der Waals surface area contributed by atoms with Crippen LogP contribution in [0.15, 0.2) is 23.1 Å². The van der Waals surface area contributed by atoms with E-state index in [2.05, 4.69) is 14.9 Å². The van der Waals surface area contributed by atoms with Gasteiger partial charge in [0.1, 0.15) is 5.82 Å². The van der Waals surface area contributed by atoms with E-state index in [1.54, 1.807) is 6.92 Å². The third-order valence-corrected chi connectivity index (χ3v) is 5.29. The minimum atomic E-state index is -3.89. The van der Waals surface area contributed by atoms with E-state index < -0.39 is 21.8 Å². The summed E-state index contributed by atoms with van der Waals surface area (Å²) in [6.07, 6.45) is 0.652. The number of ether oxygens (including phenoxy) is 1. The highest BCUT2D eigenvalue weighted by atomic mass is 32.2. The number of nitrogens with one attached hydrogen (secondary N) is 2. The van der Waals surface area contributed by atoms with Crippen molar-refractivity contribution in [2.75, 3.05) is 45.9 Å². The van der Waals surface area contributed by atoms with E-state index in [1.807, 2.05) is 0 Å². The Kier molecular flexibility index (Phi) is 7.30. The third-order valence-electron chi connectivity index (χ3n) is 3.85. The summed E-state index contributed by atoms with van der Waals surface area (Å²) in [5, 5.41) is 3.25. The molecule has 0 saturated carbocycles. The van der Waals surface area contributed by atoms with Crippen LogP contribution in [0.25, 0.3) is 0 Å². The number of nitrogens with zero attached hydrogens (tertiary/aromatic N) is 1. The van der Waals surface area contributed by atoms with Crippen molar-refractivity contribution >= 4 is 16.0 Å². The Bertz CT molecular complexity index is 691. The Morgan fingerprint density at radius 1 is 1.32 bits per heavy atom. The van der Waals surface area contributed by atoms with Crippen LogP contribution in [0.5, 0.6) is 0 Å².